The molecule has 1 amide bonds. The number of nitrogens with one attached hydrogen (secondary N) is 1. The van der Waals surface area contributed by atoms with Gasteiger partial charge in [-0.15, -0.1) is 0 Å². The Bertz CT molecular complexity index is 120. The van der Waals surface area contributed by atoms with Gasteiger partial charge in [0.2, 0.25) is 5.91 Å². The van der Waals surface area contributed by atoms with Gasteiger partial charge in [0.05, 0.1) is 6.54 Å². The second-order valence-electron chi connectivity index (χ2n) is 2.43. The molecule has 0 aromatic rings. The number of hydrogen-bond donors (Lipinski definition) is 2. The zero-order valence-corrected chi connectivity index (χ0v) is 5.97. The molecule has 1 fully saturated rings. The number of nitrogens with zero attached hydrogens (tertiary/aromatic N) is 1. The van der Waals surface area contributed by atoms with Crippen LogP contribution in [0.3, 0.4) is 0 Å². The Morgan fingerprint density at radius 2 is 2.10 bits per heavy atom. The van der Waals surface area contributed by atoms with E-state index >= 15 is 0 Å². The molecule has 0 spiro atoms. The molecule has 0 unspecified atom stereocenters. The summed E-state index contributed by atoms with van der Waals surface area (Å²) in [7, 11) is 0. The largest absolute Gasteiger partial charge is 0.322 e. The Hall–Kier alpha value is -0.610. The molecule has 0 aliphatic carbocycles. The van der Waals surface area contributed by atoms with Gasteiger partial charge in [-0.25, -0.2) is 5.01 Å². The van der Waals surface area contributed by atoms with E-state index in [9.17, 15) is 4.79 Å². The molecule has 0 radical (unpaired) electrons. The molecule has 0 atom stereocenters. The molecule has 4 heteroatoms. The molecule has 58 valence electrons. The van der Waals surface area contributed by atoms with Gasteiger partial charge in [-0.05, 0) is 12.8 Å². The number of carbonyl (C=O) groups excluding carboxylic acids is 1. The number of amides is 1. The highest BCUT2D eigenvalue weighted by atomic mass is 16.2. The maximum absolute atomic E-state index is 10.7. The van der Waals surface area contributed by atoms with Gasteiger partial charge in [0.15, 0.2) is 0 Å². The lowest BCUT2D eigenvalue weighted by Crippen LogP contribution is -2.43. The van der Waals surface area contributed by atoms with Gasteiger partial charge in [0.25, 0.3) is 0 Å². The molecule has 1 saturated heterocycles. The van der Waals surface area contributed by atoms with E-state index in [2.05, 4.69) is 5.43 Å². The molecule has 0 saturated carbocycles. The maximum Gasteiger partial charge on any atom is 0.248 e. The van der Waals surface area contributed by atoms with Crippen LogP contribution in [0.1, 0.15) is 12.8 Å². The van der Waals surface area contributed by atoms with Crippen molar-refractivity contribution in [3.05, 3.63) is 0 Å². The summed E-state index contributed by atoms with van der Waals surface area (Å²) in [6.07, 6.45) is 2.34. The molecule has 1 aliphatic heterocycles. The average molecular weight is 143 g/mol. The fraction of sp³-hybridized carbons (Fsp3) is 0.833. The van der Waals surface area contributed by atoms with Crippen LogP contribution in [0.5, 0.6) is 0 Å². The van der Waals surface area contributed by atoms with E-state index in [1.807, 2.05) is 5.01 Å². The van der Waals surface area contributed by atoms with Gasteiger partial charge in [-0.3, -0.25) is 10.2 Å². The van der Waals surface area contributed by atoms with Crippen molar-refractivity contribution in [1.29, 1.82) is 0 Å². The lowest BCUT2D eigenvalue weighted by Gasteiger charge is -2.14. The van der Waals surface area contributed by atoms with E-state index in [0.717, 1.165) is 13.1 Å². The molecule has 1 heterocycles. The fourth-order valence-electron chi connectivity index (χ4n) is 1.05. The molecule has 10 heavy (non-hydrogen) atoms. The van der Waals surface area contributed by atoms with Crippen LogP contribution in [-0.2, 0) is 4.79 Å². The lowest BCUT2D eigenvalue weighted by atomic mass is 10.4. The maximum atomic E-state index is 10.7. The Morgan fingerprint density at radius 1 is 1.50 bits per heavy atom. The zero-order chi connectivity index (χ0) is 7.40. The van der Waals surface area contributed by atoms with Gasteiger partial charge in [0, 0.05) is 13.1 Å². The summed E-state index contributed by atoms with van der Waals surface area (Å²) in [6, 6.07) is 0. The predicted molar refractivity (Wildman–Crippen MR) is 38.0 cm³/mol. The Kier molecular flexibility index (Phi) is 2.65. The highest BCUT2D eigenvalue weighted by molar-refractivity contribution is 5.77. The van der Waals surface area contributed by atoms with Gasteiger partial charge in [0.1, 0.15) is 0 Å². The number of hydrazine groups is 1. The van der Waals surface area contributed by atoms with E-state index in [-0.39, 0.29) is 12.5 Å². The summed E-state index contributed by atoms with van der Waals surface area (Å²) in [6.45, 7) is 2.01. The molecule has 0 aromatic carbocycles. The Balaban J connectivity index is 2.17. The van der Waals surface area contributed by atoms with Crippen LogP contribution in [0, 0.1) is 0 Å². The van der Waals surface area contributed by atoms with Gasteiger partial charge in [-0.2, -0.15) is 0 Å². The standard InChI is InChI=1S/C6H13N3O/c7-5-6(10)8-9-3-1-2-4-9/h1-5,7H2,(H,8,10). The van der Waals surface area contributed by atoms with E-state index in [1.54, 1.807) is 0 Å². The Morgan fingerprint density at radius 3 is 2.60 bits per heavy atom. The molecular formula is C6H13N3O. The van der Waals surface area contributed by atoms with Crippen LogP contribution < -0.4 is 11.2 Å². The number of hydrogen-bond acceptors (Lipinski definition) is 3. The summed E-state index contributed by atoms with van der Waals surface area (Å²) in [4.78, 5) is 10.7. The lowest BCUT2D eigenvalue weighted by molar-refractivity contribution is -0.124. The molecule has 0 aromatic heterocycles. The van der Waals surface area contributed by atoms with Crippen molar-refractivity contribution < 1.29 is 4.79 Å². The van der Waals surface area contributed by atoms with Gasteiger partial charge in [-0.1, -0.05) is 0 Å². The third-order valence-electron chi connectivity index (χ3n) is 1.57. The van der Waals surface area contributed by atoms with Gasteiger partial charge >= 0.3 is 0 Å². The number of nitrogens with two attached hydrogens (primary N) is 1. The monoisotopic (exact) mass is 143 g/mol. The summed E-state index contributed by atoms with van der Waals surface area (Å²) in [5.41, 5.74) is 7.81. The minimum Gasteiger partial charge on any atom is -0.322 e. The van der Waals surface area contributed by atoms with Crippen LogP contribution in [0.25, 0.3) is 0 Å². The van der Waals surface area contributed by atoms with Crippen LogP contribution >= 0.6 is 0 Å². The summed E-state index contributed by atoms with van der Waals surface area (Å²) < 4.78 is 0. The van der Waals surface area contributed by atoms with E-state index < -0.39 is 0 Å². The zero-order valence-electron chi connectivity index (χ0n) is 5.97. The van der Waals surface area contributed by atoms with Crippen LogP contribution in [0.2, 0.25) is 0 Å². The van der Waals surface area contributed by atoms with E-state index in [1.165, 1.54) is 12.8 Å². The third-order valence-corrected chi connectivity index (χ3v) is 1.57. The van der Waals surface area contributed by atoms with Crippen molar-refractivity contribution in [3.63, 3.8) is 0 Å². The van der Waals surface area contributed by atoms with Crippen molar-refractivity contribution in [2.75, 3.05) is 19.6 Å². The number of carbonyl (C=O) groups is 1. The minimum absolute atomic E-state index is 0.0799. The average Bonchev–Trinajstić information content (AvgIpc) is 2.40. The molecule has 0 bridgehead atoms. The first-order valence-corrected chi connectivity index (χ1v) is 3.57. The molecule has 3 N–H and O–H groups in total. The first-order valence-electron chi connectivity index (χ1n) is 3.57. The van der Waals surface area contributed by atoms with Crippen molar-refractivity contribution in [2.24, 2.45) is 5.73 Å². The highest BCUT2D eigenvalue weighted by Gasteiger charge is 2.12. The van der Waals surface area contributed by atoms with Crippen molar-refractivity contribution in [2.45, 2.75) is 12.8 Å². The molecule has 4 nitrogen and oxygen atoms in total. The van der Waals surface area contributed by atoms with Crippen LogP contribution in [0.15, 0.2) is 0 Å². The van der Waals surface area contributed by atoms with Gasteiger partial charge < -0.3 is 5.73 Å². The highest BCUT2D eigenvalue weighted by Crippen LogP contribution is 2.02. The molecule has 1 aliphatic rings. The summed E-state index contributed by atoms with van der Waals surface area (Å²) in [5, 5.41) is 1.91. The van der Waals surface area contributed by atoms with E-state index in [4.69, 9.17) is 5.73 Å². The topological polar surface area (TPSA) is 58.4 Å². The first-order chi connectivity index (χ1) is 4.83. The summed E-state index contributed by atoms with van der Waals surface area (Å²) >= 11 is 0. The SMILES string of the molecule is NCC(=O)NN1CCCC1. The van der Waals surface area contributed by atoms with Crippen LogP contribution in [0.4, 0.5) is 0 Å². The van der Waals surface area contributed by atoms with Crippen molar-refractivity contribution in [1.82, 2.24) is 10.4 Å². The second kappa shape index (κ2) is 3.53. The normalized spacial score (nSPS) is 19.3. The smallest absolute Gasteiger partial charge is 0.248 e. The quantitative estimate of drug-likeness (QED) is 0.525. The third kappa shape index (κ3) is 1.97. The first kappa shape index (κ1) is 7.50. The fourth-order valence-corrected chi connectivity index (χ4v) is 1.05. The van der Waals surface area contributed by atoms with Crippen molar-refractivity contribution in [3.8, 4) is 0 Å². The minimum atomic E-state index is -0.0955. The molecule has 1 rings (SSSR count). The summed E-state index contributed by atoms with van der Waals surface area (Å²) in [5.74, 6) is -0.0955. The molecular weight excluding hydrogens is 130 g/mol. The van der Waals surface area contributed by atoms with Crippen LogP contribution in [-0.4, -0.2) is 30.6 Å². The van der Waals surface area contributed by atoms with Crippen molar-refractivity contribution >= 4 is 5.91 Å². The second-order valence-corrected chi connectivity index (χ2v) is 2.43. The number of rotatable bonds is 2. The predicted octanol–water partition coefficient (Wildman–Crippen LogP) is -0.928. The van der Waals surface area contributed by atoms with E-state index in [0.29, 0.717) is 0 Å². The Labute approximate surface area is 60.3 Å².